The minimum atomic E-state index is -1.03. The number of esters is 1. The van der Waals surface area contributed by atoms with Crippen LogP contribution in [0.5, 0.6) is 0 Å². The second kappa shape index (κ2) is 20.9. The van der Waals surface area contributed by atoms with Crippen molar-refractivity contribution in [1.29, 1.82) is 0 Å². The smallest absolute Gasteiger partial charge is 0.329 e. The van der Waals surface area contributed by atoms with E-state index in [9.17, 15) is 28.8 Å². The first kappa shape index (κ1) is 41.8. The first-order valence-corrected chi connectivity index (χ1v) is 17.6. The van der Waals surface area contributed by atoms with Gasteiger partial charge in [-0.3, -0.25) is 24.0 Å². The minimum absolute atomic E-state index is 0.0265. The lowest BCUT2D eigenvalue weighted by atomic mass is 9.88. The fourth-order valence-corrected chi connectivity index (χ4v) is 5.72. The highest BCUT2D eigenvalue weighted by Gasteiger charge is 2.35. The molecule has 270 valence electrons. The molecular formula is C35H63N5O7. The van der Waals surface area contributed by atoms with Gasteiger partial charge in [0.15, 0.2) is 0 Å². The SMILES string of the molecule is CCCCCCC(C)CC(C)C1CC(=O)NCC(=O)NC(C(C)C)C(=O)NC(CC(C)C)C(=O)NC(C)C(=O)NC(C(C)C)C(=O)O1. The Morgan fingerprint density at radius 1 is 0.723 bits per heavy atom. The van der Waals surface area contributed by atoms with E-state index in [4.69, 9.17) is 4.74 Å². The normalized spacial score (nSPS) is 25.9. The maximum atomic E-state index is 13.6. The Bertz CT molecular complexity index is 1050. The summed E-state index contributed by atoms with van der Waals surface area (Å²) in [6.45, 7) is 18.2. The molecule has 47 heavy (non-hydrogen) atoms. The van der Waals surface area contributed by atoms with Crippen molar-refractivity contribution in [2.75, 3.05) is 6.54 Å². The number of carbonyl (C=O) groups is 6. The third-order valence-corrected chi connectivity index (χ3v) is 8.64. The van der Waals surface area contributed by atoms with E-state index in [0.717, 1.165) is 32.1 Å². The lowest BCUT2D eigenvalue weighted by Gasteiger charge is -2.30. The van der Waals surface area contributed by atoms with E-state index >= 15 is 0 Å². The van der Waals surface area contributed by atoms with Gasteiger partial charge in [0.1, 0.15) is 30.3 Å². The zero-order valence-electron chi connectivity index (χ0n) is 30.5. The Balaban J connectivity index is 3.37. The van der Waals surface area contributed by atoms with Crippen LogP contribution < -0.4 is 26.6 Å². The van der Waals surface area contributed by atoms with E-state index in [-0.39, 0.29) is 36.6 Å². The third kappa shape index (κ3) is 15.5. The predicted octanol–water partition coefficient (Wildman–Crippen LogP) is 3.37. The predicted molar refractivity (Wildman–Crippen MR) is 182 cm³/mol. The van der Waals surface area contributed by atoms with Gasteiger partial charge < -0.3 is 31.3 Å². The third-order valence-electron chi connectivity index (χ3n) is 8.64. The van der Waals surface area contributed by atoms with Crippen molar-refractivity contribution in [3.05, 3.63) is 0 Å². The topological polar surface area (TPSA) is 172 Å². The Labute approximate surface area is 282 Å². The first-order valence-electron chi connectivity index (χ1n) is 17.6. The van der Waals surface area contributed by atoms with Crippen molar-refractivity contribution in [1.82, 2.24) is 26.6 Å². The van der Waals surface area contributed by atoms with Gasteiger partial charge in [-0.1, -0.05) is 94.4 Å². The molecule has 7 atom stereocenters. The van der Waals surface area contributed by atoms with Crippen LogP contribution in [0.4, 0.5) is 0 Å². The van der Waals surface area contributed by atoms with Gasteiger partial charge >= 0.3 is 5.97 Å². The van der Waals surface area contributed by atoms with Gasteiger partial charge in [-0.15, -0.1) is 0 Å². The molecule has 1 rings (SSSR count). The molecule has 12 heteroatoms. The van der Waals surface area contributed by atoms with Crippen molar-refractivity contribution < 1.29 is 33.5 Å². The van der Waals surface area contributed by atoms with Crippen molar-refractivity contribution >= 4 is 35.5 Å². The van der Waals surface area contributed by atoms with Gasteiger partial charge in [0.05, 0.1) is 13.0 Å². The number of cyclic esters (lactones) is 1. The van der Waals surface area contributed by atoms with E-state index in [0.29, 0.717) is 12.3 Å². The maximum absolute atomic E-state index is 13.6. The molecule has 7 unspecified atom stereocenters. The van der Waals surface area contributed by atoms with Crippen LogP contribution in [0, 0.1) is 29.6 Å². The maximum Gasteiger partial charge on any atom is 0.329 e. The first-order chi connectivity index (χ1) is 22.0. The number of nitrogens with one attached hydrogen (secondary N) is 5. The quantitative estimate of drug-likeness (QED) is 0.157. The number of amides is 5. The standard InChI is InChI=1S/C35H63N5O7/c1-11-12-13-14-15-23(8)17-24(9)27-18-28(41)36-19-29(42)39-30(21(4)5)34(45)38-26(16-20(2)3)33(44)37-25(10)32(43)40-31(22(6)7)35(46)47-27/h20-27,30-31H,11-19H2,1-10H3,(H,36,41)(H,37,44)(H,38,45)(H,39,42)(H,40,43). The molecule has 1 heterocycles. The lowest BCUT2D eigenvalue weighted by Crippen LogP contribution is -2.58. The van der Waals surface area contributed by atoms with E-state index in [1.807, 2.05) is 20.8 Å². The highest BCUT2D eigenvalue weighted by molar-refractivity contribution is 5.95. The highest BCUT2D eigenvalue weighted by atomic mass is 16.5. The molecule has 1 saturated heterocycles. The van der Waals surface area contributed by atoms with Crippen LogP contribution in [0.2, 0.25) is 0 Å². The highest BCUT2D eigenvalue weighted by Crippen LogP contribution is 2.25. The fraction of sp³-hybridized carbons (Fsp3) is 0.829. The lowest BCUT2D eigenvalue weighted by molar-refractivity contribution is -0.158. The van der Waals surface area contributed by atoms with Crippen molar-refractivity contribution in [3.8, 4) is 0 Å². The molecule has 5 amide bonds. The van der Waals surface area contributed by atoms with Gasteiger partial charge in [-0.25, -0.2) is 4.79 Å². The summed E-state index contributed by atoms with van der Waals surface area (Å²) in [7, 11) is 0. The molecule has 0 saturated carbocycles. The van der Waals surface area contributed by atoms with Crippen molar-refractivity contribution in [2.24, 2.45) is 29.6 Å². The molecule has 0 aliphatic carbocycles. The molecule has 0 spiro atoms. The second-order valence-corrected chi connectivity index (χ2v) is 14.6. The zero-order chi connectivity index (χ0) is 35.8. The van der Waals surface area contributed by atoms with Crippen LogP contribution in [-0.4, -0.2) is 72.3 Å². The van der Waals surface area contributed by atoms with Crippen molar-refractivity contribution in [3.63, 3.8) is 0 Å². The number of hydrogen-bond donors (Lipinski definition) is 5. The van der Waals surface area contributed by atoms with Gasteiger partial charge in [0.25, 0.3) is 0 Å². The second-order valence-electron chi connectivity index (χ2n) is 14.6. The van der Waals surface area contributed by atoms with E-state index < -0.39 is 65.8 Å². The van der Waals surface area contributed by atoms with E-state index in [1.54, 1.807) is 27.7 Å². The average molecular weight is 666 g/mol. The summed E-state index contributed by atoms with van der Waals surface area (Å²) >= 11 is 0. The summed E-state index contributed by atoms with van der Waals surface area (Å²) in [6.07, 6.45) is 5.66. The molecule has 0 radical (unpaired) electrons. The summed E-state index contributed by atoms with van der Waals surface area (Å²) in [6, 6.07) is -4.00. The summed E-state index contributed by atoms with van der Waals surface area (Å²) in [5.74, 6) is -3.90. The van der Waals surface area contributed by atoms with Gasteiger partial charge in [-0.2, -0.15) is 0 Å². The monoisotopic (exact) mass is 665 g/mol. The molecule has 5 N–H and O–H groups in total. The Morgan fingerprint density at radius 2 is 1.36 bits per heavy atom. The molecule has 0 aromatic heterocycles. The van der Waals surface area contributed by atoms with Crippen LogP contribution in [-0.2, 0) is 33.5 Å². The fourth-order valence-electron chi connectivity index (χ4n) is 5.72. The molecular weight excluding hydrogens is 602 g/mol. The number of carbonyl (C=O) groups excluding carboxylic acids is 6. The van der Waals surface area contributed by atoms with Gasteiger partial charge in [0.2, 0.25) is 29.5 Å². The molecule has 0 bridgehead atoms. The number of ether oxygens (including phenoxy) is 1. The number of hydrogen-bond acceptors (Lipinski definition) is 7. The van der Waals surface area contributed by atoms with E-state index in [1.165, 1.54) is 13.3 Å². The summed E-state index contributed by atoms with van der Waals surface area (Å²) < 4.78 is 5.96. The molecule has 0 aromatic rings. The van der Waals surface area contributed by atoms with Gasteiger partial charge in [0, 0.05) is 0 Å². The zero-order valence-corrected chi connectivity index (χ0v) is 30.5. The minimum Gasteiger partial charge on any atom is -0.460 e. The molecule has 12 nitrogen and oxygen atoms in total. The Hall–Kier alpha value is -3.18. The van der Waals surface area contributed by atoms with E-state index in [2.05, 4.69) is 40.4 Å². The Morgan fingerprint density at radius 3 is 1.94 bits per heavy atom. The molecule has 1 fully saturated rings. The van der Waals surface area contributed by atoms with Crippen molar-refractivity contribution in [2.45, 2.75) is 151 Å². The molecule has 1 aliphatic heterocycles. The Kier molecular flexibility index (Phi) is 18.6. The number of rotatable bonds is 12. The number of unbranched alkanes of at least 4 members (excludes halogenated alkanes) is 3. The summed E-state index contributed by atoms with van der Waals surface area (Å²) in [5.41, 5.74) is 0. The molecule has 0 aromatic carbocycles. The van der Waals surface area contributed by atoms with Gasteiger partial charge in [-0.05, 0) is 49.4 Å². The van der Waals surface area contributed by atoms with Crippen LogP contribution in [0.25, 0.3) is 0 Å². The van der Waals surface area contributed by atoms with Crippen LogP contribution >= 0.6 is 0 Å². The van der Waals surface area contributed by atoms with Crippen LogP contribution in [0.15, 0.2) is 0 Å². The largest absolute Gasteiger partial charge is 0.460 e. The summed E-state index contributed by atoms with van der Waals surface area (Å²) in [5, 5.41) is 13.4. The average Bonchev–Trinajstić information content (AvgIpc) is 2.97. The molecule has 1 aliphatic rings. The summed E-state index contributed by atoms with van der Waals surface area (Å²) in [4.78, 5) is 79.5. The van der Waals surface area contributed by atoms with Crippen LogP contribution in [0.3, 0.4) is 0 Å². The van der Waals surface area contributed by atoms with Crippen LogP contribution in [0.1, 0.15) is 121 Å².